The van der Waals surface area contributed by atoms with Gasteiger partial charge in [0, 0.05) is 30.7 Å². The van der Waals surface area contributed by atoms with Gasteiger partial charge in [-0.25, -0.2) is 0 Å². The Morgan fingerprint density at radius 3 is 2.17 bits per heavy atom. The van der Waals surface area contributed by atoms with Gasteiger partial charge >= 0.3 is 0 Å². The molecule has 2 heterocycles. The maximum absolute atomic E-state index is 12.6. The van der Waals surface area contributed by atoms with Crippen molar-refractivity contribution in [2.75, 3.05) is 26.2 Å². The fourth-order valence-corrected chi connectivity index (χ4v) is 3.32. The molecular formula is C17H18BrN3O3. The monoisotopic (exact) mass is 391 g/mol. The van der Waals surface area contributed by atoms with Gasteiger partial charge in [-0.2, -0.15) is 0 Å². The molecule has 0 saturated carbocycles. The molecule has 1 saturated heterocycles. The Hall–Kier alpha value is -2.15. The normalized spacial score (nSPS) is 14.8. The summed E-state index contributed by atoms with van der Waals surface area (Å²) in [6, 6.07) is 7.37. The summed E-state index contributed by atoms with van der Waals surface area (Å²) in [4.78, 5) is 28.7. The lowest BCUT2D eigenvalue weighted by atomic mass is 10.1. The van der Waals surface area contributed by atoms with E-state index in [-0.39, 0.29) is 11.8 Å². The van der Waals surface area contributed by atoms with E-state index in [4.69, 9.17) is 4.52 Å². The van der Waals surface area contributed by atoms with E-state index in [1.165, 1.54) is 0 Å². The summed E-state index contributed by atoms with van der Waals surface area (Å²) in [6.45, 7) is 5.51. The van der Waals surface area contributed by atoms with Crippen LogP contribution in [-0.4, -0.2) is 52.9 Å². The molecule has 2 amide bonds. The van der Waals surface area contributed by atoms with Crippen molar-refractivity contribution in [1.29, 1.82) is 0 Å². The SMILES string of the molecule is Cc1noc(C)c1C(=O)N1CCN(C(=O)c2ccccc2Br)CC1. The molecule has 1 aliphatic heterocycles. The van der Waals surface area contributed by atoms with Crippen molar-refractivity contribution in [2.45, 2.75) is 13.8 Å². The van der Waals surface area contributed by atoms with Gasteiger partial charge in [-0.05, 0) is 41.9 Å². The molecule has 0 aliphatic carbocycles. The molecule has 126 valence electrons. The highest BCUT2D eigenvalue weighted by Gasteiger charge is 2.29. The molecule has 7 heteroatoms. The number of carbonyl (C=O) groups is 2. The minimum absolute atomic E-state index is 0.0214. The maximum Gasteiger partial charge on any atom is 0.259 e. The van der Waals surface area contributed by atoms with Crippen LogP contribution in [0.15, 0.2) is 33.3 Å². The highest BCUT2D eigenvalue weighted by atomic mass is 79.9. The second-order valence-electron chi connectivity index (χ2n) is 5.76. The molecule has 2 aromatic rings. The Balaban J connectivity index is 1.67. The van der Waals surface area contributed by atoms with Crippen LogP contribution in [0.1, 0.15) is 32.2 Å². The van der Waals surface area contributed by atoms with E-state index in [2.05, 4.69) is 21.1 Å². The largest absolute Gasteiger partial charge is 0.361 e. The molecule has 0 N–H and O–H groups in total. The lowest BCUT2D eigenvalue weighted by Gasteiger charge is -2.35. The lowest BCUT2D eigenvalue weighted by Crippen LogP contribution is -2.50. The van der Waals surface area contributed by atoms with Crippen molar-refractivity contribution in [3.63, 3.8) is 0 Å². The number of benzene rings is 1. The van der Waals surface area contributed by atoms with Crippen LogP contribution in [0.2, 0.25) is 0 Å². The fourth-order valence-electron chi connectivity index (χ4n) is 2.86. The van der Waals surface area contributed by atoms with E-state index in [1.54, 1.807) is 29.7 Å². The van der Waals surface area contributed by atoms with Crippen LogP contribution in [0, 0.1) is 13.8 Å². The van der Waals surface area contributed by atoms with Gasteiger partial charge in [0.1, 0.15) is 11.3 Å². The summed E-state index contributed by atoms with van der Waals surface area (Å²) in [6.07, 6.45) is 0. The number of halogens is 1. The lowest BCUT2D eigenvalue weighted by molar-refractivity contribution is 0.0533. The summed E-state index contributed by atoms with van der Waals surface area (Å²) < 4.78 is 5.85. The van der Waals surface area contributed by atoms with Crippen molar-refractivity contribution >= 4 is 27.7 Å². The third kappa shape index (κ3) is 3.08. The minimum Gasteiger partial charge on any atom is -0.361 e. The van der Waals surface area contributed by atoms with Crippen LogP contribution in [-0.2, 0) is 0 Å². The van der Waals surface area contributed by atoms with Gasteiger partial charge in [0.05, 0.1) is 11.3 Å². The van der Waals surface area contributed by atoms with Gasteiger partial charge in [-0.15, -0.1) is 0 Å². The predicted molar refractivity (Wildman–Crippen MR) is 91.9 cm³/mol. The molecule has 6 nitrogen and oxygen atoms in total. The zero-order valence-electron chi connectivity index (χ0n) is 13.6. The third-order valence-corrected chi connectivity index (χ3v) is 4.90. The number of carbonyl (C=O) groups excluding carboxylic acids is 2. The first-order valence-electron chi connectivity index (χ1n) is 7.75. The van der Waals surface area contributed by atoms with Crippen LogP contribution in [0.3, 0.4) is 0 Å². The summed E-state index contributed by atoms with van der Waals surface area (Å²) in [5, 5.41) is 3.83. The fraction of sp³-hybridized carbons (Fsp3) is 0.353. The molecular weight excluding hydrogens is 374 g/mol. The molecule has 0 unspecified atom stereocenters. The topological polar surface area (TPSA) is 66.7 Å². The van der Waals surface area contributed by atoms with Crippen molar-refractivity contribution in [3.8, 4) is 0 Å². The van der Waals surface area contributed by atoms with Crippen LogP contribution in [0.25, 0.3) is 0 Å². The van der Waals surface area contributed by atoms with Crippen molar-refractivity contribution < 1.29 is 14.1 Å². The van der Waals surface area contributed by atoms with Crippen molar-refractivity contribution in [2.24, 2.45) is 0 Å². The molecule has 0 atom stereocenters. The van der Waals surface area contributed by atoms with E-state index in [0.717, 1.165) is 4.47 Å². The molecule has 0 spiro atoms. The Morgan fingerprint density at radius 2 is 1.62 bits per heavy atom. The summed E-state index contributed by atoms with van der Waals surface area (Å²) >= 11 is 3.41. The van der Waals surface area contributed by atoms with Gasteiger partial charge in [-0.1, -0.05) is 17.3 Å². The molecule has 1 aliphatic rings. The van der Waals surface area contributed by atoms with Crippen LogP contribution in [0.5, 0.6) is 0 Å². The highest BCUT2D eigenvalue weighted by Crippen LogP contribution is 2.20. The van der Waals surface area contributed by atoms with Crippen molar-refractivity contribution in [1.82, 2.24) is 15.0 Å². The van der Waals surface area contributed by atoms with Crippen LogP contribution in [0.4, 0.5) is 0 Å². The molecule has 1 aromatic heterocycles. The van der Waals surface area contributed by atoms with Gasteiger partial charge < -0.3 is 14.3 Å². The zero-order chi connectivity index (χ0) is 17.3. The molecule has 24 heavy (non-hydrogen) atoms. The van der Waals surface area contributed by atoms with Gasteiger partial charge in [0.2, 0.25) is 0 Å². The second-order valence-corrected chi connectivity index (χ2v) is 6.62. The number of piperazine rings is 1. The van der Waals surface area contributed by atoms with E-state index >= 15 is 0 Å². The first-order valence-corrected chi connectivity index (χ1v) is 8.54. The number of aryl methyl sites for hydroxylation is 2. The summed E-state index contributed by atoms with van der Waals surface area (Å²) in [5.74, 6) is 0.426. The van der Waals surface area contributed by atoms with Crippen LogP contribution < -0.4 is 0 Å². The predicted octanol–water partition coefficient (Wildman–Crippen LogP) is 2.65. The van der Waals surface area contributed by atoms with Crippen molar-refractivity contribution in [3.05, 3.63) is 51.3 Å². The van der Waals surface area contributed by atoms with E-state index in [0.29, 0.717) is 48.8 Å². The first kappa shape index (κ1) is 16.7. The Kier molecular flexibility index (Phi) is 4.71. The number of amides is 2. The Labute approximate surface area is 148 Å². The Morgan fingerprint density at radius 1 is 1.04 bits per heavy atom. The number of nitrogens with zero attached hydrogens (tertiary/aromatic N) is 3. The third-order valence-electron chi connectivity index (χ3n) is 4.21. The average Bonchev–Trinajstić information content (AvgIpc) is 2.93. The molecule has 1 aromatic carbocycles. The minimum atomic E-state index is -0.0840. The number of hydrogen-bond acceptors (Lipinski definition) is 4. The quantitative estimate of drug-likeness (QED) is 0.788. The molecule has 0 radical (unpaired) electrons. The standard InChI is InChI=1S/C17H18BrN3O3/c1-11-15(12(2)24-19-11)17(23)21-9-7-20(8-10-21)16(22)13-5-3-4-6-14(13)18/h3-6H,7-10H2,1-2H3. The van der Waals surface area contributed by atoms with Crippen LogP contribution >= 0.6 is 15.9 Å². The number of rotatable bonds is 2. The molecule has 3 rings (SSSR count). The first-order chi connectivity index (χ1) is 11.5. The highest BCUT2D eigenvalue weighted by molar-refractivity contribution is 9.10. The zero-order valence-corrected chi connectivity index (χ0v) is 15.2. The Bertz CT molecular complexity index is 760. The van der Waals surface area contributed by atoms with Gasteiger partial charge in [0.25, 0.3) is 11.8 Å². The van der Waals surface area contributed by atoms with E-state index in [1.807, 2.05) is 18.2 Å². The smallest absolute Gasteiger partial charge is 0.259 e. The van der Waals surface area contributed by atoms with Gasteiger partial charge in [-0.3, -0.25) is 9.59 Å². The van der Waals surface area contributed by atoms with Gasteiger partial charge in [0.15, 0.2) is 0 Å². The molecule has 0 bridgehead atoms. The number of hydrogen-bond donors (Lipinski definition) is 0. The molecule has 1 fully saturated rings. The summed E-state index contributed by atoms with van der Waals surface area (Å²) in [5.41, 5.74) is 1.77. The van der Waals surface area contributed by atoms with E-state index in [9.17, 15) is 9.59 Å². The second kappa shape index (κ2) is 6.76. The number of aromatic nitrogens is 1. The maximum atomic E-state index is 12.6. The summed E-state index contributed by atoms with van der Waals surface area (Å²) in [7, 11) is 0. The average molecular weight is 392 g/mol. The van der Waals surface area contributed by atoms with E-state index < -0.39 is 0 Å².